The van der Waals surface area contributed by atoms with E-state index in [-0.39, 0.29) is 0 Å². The molecule has 2 aromatic heterocycles. The van der Waals surface area contributed by atoms with Gasteiger partial charge >= 0.3 is 0 Å². The summed E-state index contributed by atoms with van der Waals surface area (Å²) >= 11 is 0. The number of imidazole rings is 1. The lowest BCUT2D eigenvalue weighted by Crippen LogP contribution is -1.87. The van der Waals surface area contributed by atoms with Gasteiger partial charge in [-0.15, -0.1) is 0 Å². The molecule has 0 atom stereocenters. The van der Waals surface area contributed by atoms with E-state index >= 15 is 0 Å². The van der Waals surface area contributed by atoms with Gasteiger partial charge < -0.3 is 4.40 Å². The Bertz CT molecular complexity index is 666. The highest BCUT2D eigenvalue weighted by atomic mass is 15.0. The predicted molar refractivity (Wildman–Crippen MR) is 70.1 cm³/mol. The average Bonchev–Trinajstić information content (AvgIpc) is 2.67. The summed E-state index contributed by atoms with van der Waals surface area (Å²) in [6.45, 7) is 4.20. The maximum absolute atomic E-state index is 4.71. The Morgan fingerprint density at radius 2 is 1.76 bits per heavy atom. The molecule has 3 rings (SSSR count). The molecular weight excluding hydrogens is 208 g/mol. The second-order valence-corrected chi connectivity index (χ2v) is 4.34. The van der Waals surface area contributed by atoms with Gasteiger partial charge in [-0.25, -0.2) is 4.98 Å². The van der Waals surface area contributed by atoms with Crippen molar-refractivity contribution in [1.29, 1.82) is 0 Å². The van der Waals surface area contributed by atoms with Gasteiger partial charge in [0, 0.05) is 17.5 Å². The van der Waals surface area contributed by atoms with Crippen LogP contribution in [0.15, 0.2) is 48.7 Å². The Balaban J connectivity index is 2.28. The molecule has 0 N–H and O–H groups in total. The van der Waals surface area contributed by atoms with Gasteiger partial charge in [0.2, 0.25) is 0 Å². The number of hydrogen-bond acceptors (Lipinski definition) is 1. The third-order valence-corrected chi connectivity index (χ3v) is 3.07. The maximum atomic E-state index is 4.71. The maximum Gasteiger partial charge on any atom is 0.137 e. The van der Waals surface area contributed by atoms with Crippen molar-refractivity contribution in [2.45, 2.75) is 13.8 Å². The minimum atomic E-state index is 1.02. The fraction of sp³-hybridized carbons (Fsp3) is 0.133. The van der Waals surface area contributed by atoms with E-state index in [4.69, 9.17) is 4.98 Å². The van der Waals surface area contributed by atoms with E-state index in [9.17, 15) is 0 Å². The quantitative estimate of drug-likeness (QED) is 0.614. The largest absolute Gasteiger partial charge is 0.304 e. The predicted octanol–water partition coefficient (Wildman–Crippen LogP) is 3.62. The van der Waals surface area contributed by atoms with Crippen molar-refractivity contribution < 1.29 is 0 Å². The molecular formula is C15H14N2. The number of aryl methyl sites for hydroxylation is 2. The summed E-state index contributed by atoms with van der Waals surface area (Å²) in [7, 11) is 0. The van der Waals surface area contributed by atoms with Gasteiger partial charge in [-0.05, 0) is 31.5 Å². The Kier molecular flexibility index (Phi) is 2.22. The van der Waals surface area contributed by atoms with Crippen LogP contribution in [0.3, 0.4) is 0 Å². The molecule has 0 aliphatic carbocycles. The van der Waals surface area contributed by atoms with E-state index in [2.05, 4.69) is 48.7 Å². The number of benzene rings is 1. The molecule has 0 saturated heterocycles. The van der Waals surface area contributed by atoms with E-state index in [0.717, 1.165) is 11.3 Å². The summed E-state index contributed by atoms with van der Waals surface area (Å²) in [4.78, 5) is 4.71. The number of pyridine rings is 1. The van der Waals surface area contributed by atoms with Crippen LogP contribution >= 0.6 is 0 Å². The average molecular weight is 222 g/mol. The molecule has 2 nitrogen and oxygen atoms in total. The molecule has 17 heavy (non-hydrogen) atoms. The molecule has 0 radical (unpaired) electrons. The van der Waals surface area contributed by atoms with Gasteiger partial charge in [-0.2, -0.15) is 0 Å². The standard InChI is InChI=1S/C15H14N2/c1-11-8-9-17-12(2)15(16-14(17)10-11)13-6-4-3-5-7-13/h3-10H,1-2H3. The molecule has 84 valence electrons. The third-order valence-electron chi connectivity index (χ3n) is 3.07. The first-order valence-electron chi connectivity index (χ1n) is 5.76. The molecule has 0 amide bonds. The first-order chi connectivity index (χ1) is 8.25. The number of rotatable bonds is 1. The summed E-state index contributed by atoms with van der Waals surface area (Å²) in [5.74, 6) is 0. The molecule has 0 fully saturated rings. The van der Waals surface area contributed by atoms with E-state index < -0.39 is 0 Å². The number of hydrogen-bond donors (Lipinski definition) is 0. The number of nitrogens with zero attached hydrogens (tertiary/aromatic N) is 2. The zero-order valence-electron chi connectivity index (χ0n) is 10.0. The van der Waals surface area contributed by atoms with Gasteiger partial charge in [-0.1, -0.05) is 30.3 Å². The molecule has 0 bridgehead atoms. The molecule has 0 unspecified atom stereocenters. The van der Waals surface area contributed by atoms with Crippen LogP contribution in [0.2, 0.25) is 0 Å². The number of fused-ring (bicyclic) bond motifs is 1. The van der Waals surface area contributed by atoms with Crippen molar-refractivity contribution in [3.05, 3.63) is 59.9 Å². The van der Waals surface area contributed by atoms with Crippen molar-refractivity contribution in [2.24, 2.45) is 0 Å². The minimum Gasteiger partial charge on any atom is -0.304 e. The lowest BCUT2D eigenvalue weighted by molar-refractivity contribution is 1.10. The molecule has 0 spiro atoms. The molecule has 0 saturated carbocycles. The van der Waals surface area contributed by atoms with Gasteiger partial charge in [0.05, 0.1) is 5.69 Å². The molecule has 3 aromatic rings. The molecule has 2 heteroatoms. The fourth-order valence-electron chi connectivity index (χ4n) is 2.14. The second-order valence-electron chi connectivity index (χ2n) is 4.34. The van der Waals surface area contributed by atoms with Crippen molar-refractivity contribution >= 4 is 5.65 Å². The van der Waals surface area contributed by atoms with Crippen LogP contribution in [0.1, 0.15) is 11.3 Å². The van der Waals surface area contributed by atoms with E-state index in [0.29, 0.717) is 0 Å². The van der Waals surface area contributed by atoms with Crippen LogP contribution in [0, 0.1) is 13.8 Å². The summed E-state index contributed by atoms with van der Waals surface area (Å²) in [6.07, 6.45) is 2.08. The van der Waals surface area contributed by atoms with Crippen molar-refractivity contribution in [1.82, 2.24) is 9.38 Å². The molecule has 0 aliphatic heterocycles. The lowest BCUT2D eigenvalue weighted by atomic mass is 10.1. The van der Waals surface area contributed by atoms with Crippen molar-refractivity contribution in [2.75, 3.05) is 0 Å². The molecule has 1 aromatic carbocycles. The number of aromatic nitrogens is 2. The van der Waals surface area contributed by atoms with Crippen LogP contribution < -0.4 is 0 Å². The monoisotopic (exact) mass is 222 g/mol. The smallest absolute Gasteiger partial charge is 0.137 e. The van der Waals surface area contributed by atoms with Gasteiger partial charge in [0.25, 0.3) is 0 Å². The summed E-state index contributed by atoms with van der Waals surface area (Å²) in [5, 5.41) is 0. The van der Waals surface area contributed by atoms with Crippen LogP contribution in [-0.4, -0.2) is 9.38 Å². The Morgan fingerprint density at radius 3 is 2.53 bits per heavy atom. The topological polar surface area (TPSA) is 17.3 Å². The van der Waals surface area contributed by atoms with E-state index in [1.807, 2.05) is 18.2 Å². The first-order valence-corrected chi connectivity index (χ1v) is 5.76. The lowest BCUT2D eigenvalue weighted by Gasteiger charge is -1.99. The minimum absolute atomic E-state index is 1.02. The second kappa shape index (κ2) is 3.74. The van der Waals surface area contributed by atoms with E-state index in [1.165, 1.54) is 16.8 Å². The zero-order valence-corrected chi connectivity index (χ0v) is 10.0. The normalized spacial score (nSPS) is 10.9. The first kappa shape index (κ1) is 10.1. The fourth-order valence-corrected chi connectivity index (χ4v) is 2.14. The SMILES string of the molecule is Cc1ccn2c(C)c(-c3ccccc3)nc2c1. The summed E-state index contributed by atoms with van der Waals surface area (Å²) in [6, 6.07) is 14.5. The van der Waals surface area contributed by atoms with Crippen LogP contribution in [0.25, 0.3) is 16.9 Å². The summed E-state index contributed by atoms with van der Waals surface area (Å²) < 4.78 is 2.13. The highest BCUT2D eigenvalue weighted by Gasteiger charge is 2.09. The molecule has 2 heterocycles. The zero-order chi connectivity index (χ0) is 11.8. The Morgan fingerprint density at radius 1 is 1.00 bits per heavy atom. The Labute approximate surface area is 101 Å². The third kappa shape index (κ3) is 1.62. The van der Waals surface area contributed by atoms with Gasteiger partial charge in [0.15, 0.2) is 0 Å². The highest BCUT2D eigenvalue weighted by molar-refractivity contribution is 5.66. The van der Waals surface area contributed by atoms with Gasteiger partial charge in [-0.3, -0.25) is 0 Å². The van der Waals surface area contributed by atoms with Crippen LogP contribution in [0.5, 0.6) is 0 Å². The van der Waals surface area contributed by atoms with Gasteiger partial charge in [0.1, 0.15) is 5.65 Å². The highest BCUT2D eigenvalue weighted by Crippen LogP contribution is 2.23. The Hall–Kier alpha value is -2.09. The van der Waals surface area contributed by atoms with Crippen molar-refractivity contribution in [3.8, 4) is 11.3 Å². The van der Waals surface area contributed by atoms with E-state index in [1.54, 1.807) is 0 Å². The van der Waals surface area contributed by atoms with Crippen LogP contribution in [-0.2, 0) is 0 Å². The van der Waals surface area contributed by atoms with Crippen LogP contribution in [0.4, 0.5) is 0 Å². The van der Waals surface area contributed by atoms with Crippen molar-refractivity contribution in [3.63, 3.8) is 0 Å². The summed E-state index contributed by atoms with van der Waals surface area (Å²) in [5.41, 5.74) is 5.68. The molecule has 0 aliphatic rings.